The Hall–Kier alpha value is -0.980. The van der Waals surface area contributed by atoms with E-state index in [1.165, 1.54) is 0 Å². The molecule has 0 amide bonds. The van der Waals surface area contributed by atoms with Crippen molar-refractivity contribution in [1.82, 2.24) is 15.0 Å². The molecule has 0 unspecified atom stereocenters. The summed E-state index contributed by atoms with van der Waals surface area (Å²) in [4.78, 5) is 0. The van der Waals surface area contributed by atoms with Crippen LogP contribution < -0.4 is 5.73 Å². The fraction of sp³-hybridized carbons (Fsp3) is 0.750. The van der Waals surface area contributed by atoms with Gasteiger partial charge in [0, 0.05) is 12.6 Å². The molecule has 0 aliphatic rings. The average molecular weight is 200 g/mol. The van der Waals surface area contributed by atoms with Gasteiger partial charge in [-0.25, -0.2) is 4.68 Å². The normalized spacial score (nSPS) is 10.7. The fourth-order valence-electron chi connectivity index (χ4n) is 1.03. The lowest BCUT2D eigenvalue weighted by Crippen LogP contribution is -2.08. The van der Waals surface area contributed by atoms with Crippen LogP contribution in [0.1, 0.15) is 5.69 Å². The van der Waals surface area contributed by atoms with Crippen LogP contribution in [0.4, 0.5) is 0 Å². The molecule has 0 aliphatic carbocycles. The first-order valence-electron chi connectivity index (χ1n) is 4.64. The SMILES string of the molecule is NCCc1cn(CCOCCO)nn1. The molecule has 3 N–H and O–H groups in total. The molecule has 0 saturated carbocycles. The maximum atomic E-state index is 8.46. The lowest BCUT2D eigenvalue weighted by Gasteiger charge is -2.00. The third kappa shape index (κ3) is 3.82. The lowest BCUT2D eigenvalue weighted by atomic mass is 10.3. The monoisotopic (exact) mass is 200 g/mol. The number of rotatable bonds is 7. The van der Waals surface area contributed by atoms with Gasteiger partial charge in [-0.2, -0.15) is 0 Å². The largest absolute Gasteiger partial charge is 0.394 e. The molecule has 1 heterocycles. The molecule has 0 spiro atoms. The van der Waals surface area contributed by atoms with E-state index in [-0.39, 0.29) is 6.61 Å². The molecule has 0 radical (unpaired) electrons. The Morgan fingerprint density at radius 3 is 3.07 bits per heavy atom. The zero-order valence-electron chi connectivity index (χ0n) is 8.09. The van der Waals surface area contributed by atoms with Gasteiger partial charge in [0.15, 0.2) is 0 Å². The summed E-state index contributed by atoms with van der Waals surface area (Å²) in [6, 6.07) is 0. The summed E-state index contributed by atoms with van der Waals surface area (Å²) in [6.45, 7) is 2.18. The van der Waals surface area contributed by atoms with Crippen molar-refractivity contribution in [3.05, 3.63) is 11.9 Å². The van der Waals surface area contributed by atoms with E-state index in [2.05, 4.69) is 10.3 Å². The van der Waals surface area contributed by atoms with Gasteiger partial charge in [-0.15, -0.1) is 5.10 Å². The standard InChI is InChI=1S/C8H16N4O2/c9-2-1-8-7-12(11-10-8)3-5-14-6-4-13/h7,13H,1-6,9H2. The summed E-state index contributed by atoms with van der Waals surface area (Å²) < 4.78 is 6.80. The second-order valence-corrected chi connectivity index (χ2v) is 2.85. The van der Waals surface area contributed by atoms with E-state index in [1.807, 2.05) is 6.20 Å². The summed E-state index contributed by atoms with van der Waals surface area (Å²) in [5.74, 6) is 0. The van der Waals surface area contributed by atoms with E-state index >= 15 is 0 Å². The van der Waals surface area contributed by atoms with Crippen molar-refractivity contribution in [3.8, 4) is 0 Å². The Balaban J connectivity index is 2.22. The minimum Gasteiger partial charge on any atom is -0.394 e. The Morgan fingerprint density at radius 2 is 2.36 bits per heavy atom. The van der Waals surface area contributed by atoms with Crippen LogP contribution in [-0.2, 0) is 17.7 Å². The molecule has 1 aromatic rings. The third-order valence-corrected chi connectivity index (χ3v) is 1.69. The molecule has 0 atom stereocenters. The molecule has 0 bridgehead atoms. The van der Waals surface area contributed by atoms with E-state index < -0.39 is 0 Å². The predicted octanol–water partition coefficient (Wildman–Crippen LogP) is -1.21. The summed E-state index contributed by atoms with van der Waals surface area (Å²) >= 11 is 0. The summed E-state index contributed by atoms with van der Waals surface area (Å²) in [6.07, 6.45) is 2.60. The van der Waals surface area contributed by atoms with Crippen LogP contribution in [0.5, 0.6) is 0 Å². The second kappa shape index (κ2) is 6.47. The van der Waals surface area contributed by atoms with Gasteiger partial charge < -0.3 is 15.6 Å². The zero-order chi connectivity index (χ0) is 10.2. The Labute approximate surface area is 82.7 Å². The lowest BCUT2D eigenvalue weighted by molar-refractivity contribution is 0.0851. The first kappa shape index (κ1) is 11.1. The van der Waals surface area contributed by atoms with Crippen molar-refractivity contribution in [1.29, 1.82) is 0 Å². The molecule has 0 fully saturated rings. The van der Waals surface area contributed by atoms with Crippen LogP contribution in [0.2, 0.25) is 0 Å². The quantitative estimate of drug-likeness (QED) is 0.539. The zero-order valence-corrected chi connectivity index (χ0v) is 8.09. The second-order valence-electron chi connectivity index (χ2n) is 2.85. The molecule has 14 heavy (non-hydrogen) atoms. The number of hydrogen-bond donors (Lipinski definition) is 2. The predicted molar refractivity (Wildman–Crippen MR) is 50.7 cm³/mol. The summed E-state index contributed by atoms with van der Waals surface area (Å²) in [5.41, 5.74) is 6.28. The highest BCUT2D eigenvalue weighted by Gasteiger charge is 1.98. The molecule has 1 aromatic heterocycles. The highest BCUT2D eigenvalue weighted by Crippen LogP contribution is 1.93. The fourth-order valence-corrected chi connectivity index (χ4v) is 1.03. The topological polar surface area (TPSA) is 86.2 Å². The number of aromatic nitrogens is 3. The van der Waals surface area contributed by atoms with Gasteiger partial charge in [0.25, 0.3) is 0 Å². The molecule has 6 heteroatoms. The van der Waals surface area contributed by atoms with E-state index in [0.717, 1.165) is 12.1 Å². The van der Waals surface area contributed by atoms with Crippen LogP contribution in [0.25, 0.3) is 0 Å². The Morgan fingerprint density at radius 1 is 1.50 bits per heavy atom. The Bertz CT molecular complexity index is 251. The first-order valence-corrected chi connectivity index (χ1v) is 4.64. The van der Waals surface area contributed by atoms with Gasteiger partial charge in [0.05, 0.1) is 32.1 Å². The molecular formula is C8H16N4O2. The molecule has 1 rings (SSSR count). The van der Waals surface area contributed by atoms with E-state index in [9.17, 15) is 0 Å². The van der Waals surface area contributed by atoms with Crippen molar-refractivity contribution in [2.24, 2.45) is 5.73 Å². The van der Waals surface area contributed by atoms with Crippen molar-refractivity contribution in [2.45, 2.75) is 13.0 Å². The van der Waals surface area contributed by atoms with Crippen LogP contribution >= 0.6 is 0 Å². The van der Waals surface area contributed by atoms with Crippen molar-refractivity contribution >= 4 is 0 Å². The number of aliphatic hydroxyl groups is 1. The number of aliphatic hydroxyl groups excluding tert-OH is 1. The van der Waals surface area contributed by atoms with Gasteiger partial charge in [-0.05, 0) is 6.54 Å². The molecule has 0 saturated heterocycles. The van der Waals surface area contributed by atoms with E-state index in [0.29, 0.717) is 26.3 Å². The van der Waals surface area contributed by atoms with Gasteiger partial charge >= 0.3 is 0 Å². The smallest absolute Gasteiger partial charge is 0.0839 e. The number of ether oxygens (including phenoxy) is 1. The van der Waals surface area contributed by atoms with Gasteiger partial charge in [0.1, 0.15) is 0 Å². The minimum absolute atomic E-state index is 0.0514. The molecule has 80 valence electrons. The van der Waals surface area contributed by atoms with Crippen LogP contribution in [0.3, 0.4) is 0 Å². The maximum absolute atomic E-state index is 8.46. The molecule has 0 aromatic carbocycles. The number of hydrogen-bond acceptors (Lipinski definition) is 5. The van der Waals surface area contributed by atoms with Crippen molar-refractivity contribution in [2.75, 3.05) is 26.4 Å². The van der Waals surface area contributed by atoms with Crippen LogP contribution in [-0.4, -0.2) is 46.5 Å². The average Bonchev–Trinajstić information content (AvgIpc) is 2.61. The van der Waals surface area contributed by atoms with Gasteiger partial charge in [-0.3, -0.25) is 0 Å². The Kier molecular flexibility index (Phi) is 5.13. The van der Waals surface area contributed by atoms with Gasteiger partial charge in [-0.1, -0.05) is 5.21 Å². The van der Waals surface area contributed by atoms with E-state index in [1.54, 1.807) is 4.68 Å². The van der Waals surface area contributed by atoms with Gasteiger partial charge in [0.2, 0.25) is 0 Å². The summed E-state index contributed by atoms with van der Waals surface area (Å²) in [7, 11) is 0. The highest BCUT2D eigenvalue weighted by molar-refractivity contribution is 4.92. The van der Waals surface area contributed by atoms with E-state index in [4.69, 9.17) is 15.6 Å². The number of nitrogens with zero attached hydrogens (tertiary/aromatic N) is 3. The molecule has 6 nitrogen and oxygen atoms in total. The molecule has 0 aliphatic heterocycles. The number of nitrogens with two attached hydrogens (primary N) is 1. The van der Waals surface area contributed by atoms with Crippen molar-refractivity contribution in [3.63, 3.8) is 0 Å². The maximum Gasteiger partial charge on any atom is 0.0839 e. The highest BCUT2D eigenvalue weighted by atomic mass is 16.5. The summed E-state index contributed by atoms with van der Waals surface area (Å²) in [5, 5.41) is 16.3. The molecular weight excluding hydrogens is 184 g/mol. The van der Waals surface area contributed by atoms with Crippen molar-refractivity contribution < 1.29 is 9.84 Å². The van der Waals surface area contributed by atoms with Crippen LogP contribution in [0, 0.1) is 0 Å². The van der Waals surface area contributed by atoms with Crippen LogP contribution in [0.15, 0.2) is 6.20 Å². The minimum atomic E-state index is 0.0514. The first-order chi connectivity index (χ1) is 6.86. The third-order valence-electron chi connectivity index (χ3n) is 1.69.